The van der Waals surface area contributed by atoms with E-state index in [-0.39, 0.29) is 0 Å². The quantitative estimate of drug-likeness (QED) is 0.601. The van der Waals surface area contributed by atoms with Crippen LogP contribution in [0.1, 0.15) is 33.1 Å². The molecule has 1 fully saturated rings. The number of ketones is 1. The molecule has 0 bridgehead atoms. The van der Waals surface area contributed by atoms with Gasteiger partial charge in [-0.2, -0.15) is 0 Å². The van der Waals surface area contributed by atoms with E-state index in [9.17, 15) is 4.79 Å². The van der Waals surface area contributed by atoms with Crippen LogP contribution in [-0.2, 0) is 4.79 Å². The van der Waals surface area contributed by atoms with Gasteiger partial charge in [0.1, 0.15) is 5.78 Å². The van der Waals surface area contributed by atoms with Crippen LogP contribution in [0.2, 0.25) is 0 Å². The Bertz CT molecular complexity index is 144. The number of likely N-dealkylation sites (tertiary alicyclic amines) is 1. The fraction of sp³-hybridized carbons (Fsp3) is 0.889. The molecule has 0 aliphatic carbocycles. The summed E-state index contributed by atoms with van der Waals surface area (Å²) in [6.07, 6.45) is 3.85. The van der Waals surface area contributed by atoms with Gasteiger partial charge >= 0.3 is 0 Å². The fourth-order valence-corrected chi connectivity index (χ4v) is 1.68. The largest absolute Gasteiger partial charge is 0.299 e. The molecule has 0 N–H and O–H groups in total. The average molecular weight is 155 g/mol. The Kier molecular flexibility index (Phi) is 3.06. The zero-order chi connectivity index (χ0) is 8.27. The van der Waals surface area contributed by atoms with E-state index >= 15 is 0 Å². The SMILES string of the molecule is CC(=O)CN1CCCCC1C. The highest BCUT2D eigenvalue weighted by Gasteiger charge is 2.18. The predicted octanol–water partition coefficient (Wildman–Crippen LogP) is 1.45. The molecule has 2 nitrogen and oxygen atoms in total. The second kappa shape index (κ2) is 3.86. The Morgan fingerprint density at radius 2 is 2.27 bits per heavy atom. The molecule has 1 rings (SSSR count). The molecule has 1 heterocycles. The number of carbonyl (C=O) groups is 1. The summed E-state index contributed by atoms with van der Waals surface area (Å²) >= 11 is 0. The summed E-state index contributed by atoms with van der Waals surface area (Å²) in [6, 6.07) is 0.618. The highest BCUT2D eigenvalue weighted by molar-refractivity contribution is 5.77. The summed E-state index contributed by atoms with van der Waals surface area (Å²) in [5, 5.41) is 0. The Morgan fingerprint density at radius 3 is 2.82 bits per heavy atom. The van der Waals surface area contributed by atoms with Crippen LogP contribution in [0.25, 0.3) is 0 Å². The Hall–Kier alpha value is -0.370. The summed E-state index contributed by atoms with van der Waals surface area (Å²) in [7, 11) is 0. The van der Waals surface area contributed by atoms with Gasteiger partial charge in [-0.15, -0.1) is 0 Å². The number of hydrogen-bond donors (Lipinski definition) is 0. The van der Waals surface area contributed by atoms with E-state index in [1.54, 1.807) is 6.92 Å². The third kappa shape index (κ3) is 2.62. The third-order valence-corrected chi connectivity index (χ3v) is 2.37. The van der Waals surface area contributed by atoms with Gasteiger partial charge in [0.05, 0.1) is 6.54 Å². The number of Topliss-reactive ketones (excluding diaryl/α,β-unsaturated/α-hetero) is 1. The summed E-state index contributed by atoms with van der Waals surface area (Å²) in [5.74, 6) is 0.291. The molecule has 0 aromatic heterocycles. The van der Waals surface area contributed by atoms with E-state index in [0.29, 0.717) is 18.4 Å². The zero-order valence-electron chi connectivity index (χ0n) is 7.47. The topological polar surface area (TPSA) is 20.3 Å². The smallest absolute Gasteiger partial charge is 0.143 e. The lowest BCUT2D eigenvalue weighted by Crippen LogP contribution is -2.40. The van der Waals surface area contributed by atoms with Crippen molar-refractivity contribution >= 4 is 5.78 Å². The van der Waals surface area contributed by atoms with Crippen molar-refractivity contribution in [3.05, 3.63) is 0 Å². The standard InChI is InChI=1S/C9H17NO/c1-8-5-3-4-6-10(8)7-9(2)11/h8H,3-7H2,1-2H3. The van der Waals surface area contributed by atoms with Crippen molar-refractivity contribution in [2.45, 2.75) is 39.2 Å². The molecule has 1 atom stereocenters. The van der Waals surface area contributed by atoms with Gasteiger partial charge in [0.2, 0.25) is 0 Å². The maximum absolute atomic E-state index is 10.8. The molecule has 1 aliphatic heterocycles. The van der Waals surface area contributed by atoms with Crippen LogP contribution < -0.4 is 0 Å². The highest BCUT2D eigenvalue weighted by atomic mass is 16.1. The lowest BCUT2D eigenvalue weighted by Gasteiger charge is -2.32. The number of rotatable bonds is 2. The van der Waals surface area contributed by atoms with Gasteiger partial charge in [-0.25, -0.2) is 0 Å². The van der Waals surface area contributed by atoms with Gasteiger partial charge in [-0.3, -0.25) is 9.69 Å². The number of piperidine rings is 1. The summed E-state index contributed by atoms with van der Waals surface area (Å²) in [6.45, 7) is 5.64. The molecule has 11 heavy (non-hydrogen) atoms. The van der Waals surface area contributed by atoms with Crippen LogP contribution in [0.3, 0.4) is 0 Å². The van der Waals surface area contributed by atoms with Crippen LogP contribution in [0, 0.1) is 0 Å². The average Bonchev–Trinajstić information content (AvgIpc) is 1.93. The van der Waals surface area contributed by atoms with Gasteiger partial charge in [0.15, 0.2) is 0 Å². The molecule has 0 saturated carbocycles. The predicted molar refractivity (Wildman–Crippen MR) is 45.6 cm³/mol. The van der Waals surface area contributed by atoms with E-state index in [1.807, 2.05) is 0 Å². The molecule has 0 aromatic carbocycles. The highest BCUT2D eigenvalue weighted by Crippen LogP contribution is 2.15. The number of nitrogens with zero attached hydrogens (tertiary/aromatic N) is 1. The van der Waals surface area contributed by atoms with E-state index < -0.39 is 0 Å². The first-order chi connectivity index (χ1) is 5.20. The number of carbonyl (C=O) groups excluding carboxylic acids is 1. The van der Waals surface area contributed by atoms with E-state index in [1.165, 1.54) is 19.3 Å². The molecule has 0 radical (unpaired) electrons. The van der Waals surface area contributed by atoms with Gasteiger partial charge in [0, 0.05) is 6.04 Å². The van der Waals surface area contributed by atoms with Gasteiger partial charge in [-0.1, -0.05) is 6.42 Å². The lowest BCUT2D eigenvalue weighted by atomic mass is 10.0. The molecule has 2 heteroatoms. The normalized spacial score (nSPS) is 26.9. The third-order valence-electron chi connectivity index (χ3n) is 2.37. The van der Waals surface area contributed by atoms with Crippen LogP contribution in [0.5, 0.6) is 0 Å². The molecule has 0 spiro atoms. The molecule has 0 aromatic rings. The van der Waals surface area contributed by atoms with E-state index in [0.717, 1.165) is 6.54 Å². The first-order valence-electron chi connectivity index (χ1n) is 4.43. The van der Waals surface area contributed by atoms with Crippen molar-refractivity contribution in [2.24, 2.45) is 0 Å². The van der Waals surface area contributed by atoms with Gasteiger partial charge in [0.25, 0.3) is 0 Å². The summed E-state index contributed by atoms with van der Waals surface area (Å²) in [5.41, 5.74) is 0. The van der Waals surface area contributed by atoms with Crippen LogP contribution in [0.15, 0.2) is 0 Å². The van der Waals surface area contributed by atoms with Crippen molar-refractivity contribution in [3.8, 4) is 0 Å². The number of hydrogen-bond acceptors (Lipinski definition) is 2. The molecule has 1 saturated heterocycles. The Labute approximate surface area is 68.6 Å². The van der Waals surface area contributed by atoms with Crippen molar-refractivity contribution in [1.29, 1.82) is 0 Å². The minimum Gasteiger partial charge on any atom is -0.299 e. The summed E-state index contributed by atoms with van der Waals surface area (Å²) in [4.78, 5) is 13.1. The Balaban J connectivity index is 2.35. The Morgan fingerprint density at radius 1 is 1.55 bits per heavy atom. The maximum Gasteiger partial charge on any atom is 0.143 e. The van der Waals surface area contributed by atoms with Gasteiger partial charge in [-0.05, 0) is 33.2 Å². The second-order valence-corrected chi connectivity index (χ2v) is 3.52. The molecule has 0 amide bonds. The first-order valence-corrected chi connectivity index (χ1v) is 4.43. The van der Waals surface area contributed by atoms with E-state index in [4.69, 9.17) is 0 Å². The molecule has 64 valence electrons. The van der Waals surface area contributed by atoms with Crippen LogP contribution in [-0.4, -0.2) is 29.8 Å². The minimum absolute atomic E-state index is 0.291. The van der Waals surface area contributed by atoms with Crippen molar-refractivity contribution < 1.29 is 4.79 Å². The maximum atomic E-state index is 10.8. The first kappa shape index (κ1) is 8.72. The lowest BCUT2D eigenvalue weighted by molar-refractivity contribution is -0.118. The van der Waals surface area contributed by atoms with Crippen molar-refractivity contribution in [3.63, 3.8) is 0 Å². The van der Waals surface area contributed by atoms with Crippen LogP contribution >= 0.6 is 0 Å². The van der Waals surface area contributed by atoms with Crippen LogP contribution in [0.4, 0.5) is 0 Å². The van der Waals surface area contributed by atoms with Crippen molar-refractivity contribution in [2.75, 3.05) is 13.1 Å². The second-order valence-electron chi connectivity index (χ2n) is 3.52. The molecular weight excluding hydrogens is 138 g/mol. The van der Waals surface area contributed by atoms with Gasteiger partial charge < -0.3 is 0 Å². The monoisotopic (exact) mass is 155 g/mol. The zero-order valence-corrected chi connectivity index (χ0v) is 7.47. The molecule has 1 unspecified atom stereocenters. The van der Waals surface area contributed by atoms with Crippen molar-refractivity contribution in [1.82, 2.24) is 4.90 Å². The van der Waals surface area contributed by atoms with E-state index in [2.05, 4.69) is 11.8 Å². The molecule has 1 aliphatic rings. The molecular formula is C9H17NO. The minimum atomic E-state index is 0.291. The summed E-state index contributed by atoms with van der Waals surface area (Å²) < 4.78 is 0. The fourth-order valence-electron chi connectivity index (χ4n) is 1.68.